The average molecular weight is 1000 g/mol. The molecule has 0 rings (SSSR count). The number of amides is 1. The maximum Gasteiger partial charge on any atom is 0.305 e. The number of rotatable bonds is 61. The summed E-state index contributed by atoms with van der Waals surface area (Å²) in [5.41, 5.74) is 0. The number of allylic oxidation sites excluding steroid dienone is 2. The maximum atomic E-state index is 12.5. The maximum absolute atomic E-state index is 12.5. The molecule has 6 heteroatoms. The van der Waals surface area contributed by atoms with Gasteiger partial charge in [0.05, 0.1) is 25.4 Å². The summed E-state index contributed by atoms with van der Waals surface area (Å²) in [5.74, 6) is -0.0142. The normalized spacial score (nSPS) is 12.6. The molecule has 0 aromatic rings. The Balaban J connectivity index is 3.35. The van der Waals surface area contributed by atoms with Crippen molar-refractivity contribution in [3.63, 3.8) is 0 Å². The van der Waals surface area contributed by atoms with Crippen LogP contribution in [-0.4, -0.2) is 47.4 Å². The summed E-state index contributed by atoms with van der Waals surface area (Å²) in [5, 5.41) is 23.3. The first kappa shape index (κ1) is 69.6. The standard InChI is InChI=1S/C65H127NO5/c1-3-5-7-9-11-13-15-34-38-41-45-49-53-57-63(68)62(61-67)66-64(69)58-54-50-46-42-39-35-32-30-28-26-24-22-20-18-16-17-19-21-23-25-27-29-31-33-36-40-44-48-52-56-60-71-65(70)59-55-51-47-43-37-14-12-10-8-6-4-2/h17,19,62-63,67-68H,3-16,18,20-61H2,1-2H3,(H,66,69)/b19-17-. The first-order chi connectivity index (χ1) is 35.0. The lowest BCUT2D eigenvalue weighted by molar-refractivity contribution is -0.143. The summed E-state index contributed by atoms with van der Waals surface area (Å²) in [4.78, 5) is 24.5. The molecule has 0 fully saturated rings. The second kappa shape index (κ2) is 61.1. The van der Waals surface area contributed by atoms with Crippen molar-refractivity contribution in [3.8, 4) is 0 Å². The number of esters is 1. The molecule has 422 valence electrons. The van der Waals surface area contributed by atoms with E-state index in [-0.39, 0.29) is 18.5 Å². The molecule has 0 bridgehead atoms. The summed E-state index contributed by atoms with van der Waals surface area (Å²) in [6.45, 7) is 4.97. The number of hydrogen-bond donors (Lipinski definition) is 3. The van der Waals surface area contributed by atoms with E-state index < -0.39 is 12.1 Å². The Hall–Kier alpha value is -1.40. The monoisotopic (exact) mass is 1000 g/mol. The number of hydrogen-bond acceptors (Lipinski definition) is 5. The van der Waals surface area contributed by atoms with E-state index in [2.05, 4.69) is 31.3 Å². The molecule has 2 unspecified atom stereocenters. The molecule has 0 radical (unpaired) electrons. The predicted octanol–water partition coefficient (Wildman–Crippen LogP) is 20.4. The molecule has 0 aliphatic carbocycles. The summed E-state index contributed by atoms with van der Waals surface area (Å²) in [6.07, 6.45) is 73.9. The van der Waals surface area contributed by atoms with Crippen LogP contribution >= 0.6 is 0 Å². The average Bonchev–Trinajstić information content (AvgIpc) is 3.37. The van der Waals surface area contributed by atoms with Crippen molar-refractivity contribution in [2.75, 3.05) is 13.2 Å². The molecule has 6 nitrogen and oxygen atoms in total. The highest BCUT2D eigenvalue weighted by Crippen LogP contribution is 2.18. The van der Waals surface area contributed by atoms with Gasteiger partial charge in [-0.15, -0.1) is 0 Å². The lowest BCUT2D eigenvalue weighted by atomic mass is 10.0. The quantitative estimate of drug-likeness (QED) is 0.0320. The van der Waals surface area contributed by atoms with Crippen molar-refractivity contribution in [2.45, 2.75) is 379 Å². The first-order valence-electron chi connectivity index (χ1n) is 32.4. The van der Waals surface area contributed by atoms with Gasteiger partial charge < -0.3 is 20.3 Å². The van der Waals surface area contributed by atoms with Gasteiger partial charge >= 0.3 is 5.97 Å². The van der Waals surface area contributed by atoms with Gasteiger partial charge in [0.1, 0.15) is 0 Å². The van der Waals surface area contributed by atoms with Gasteiger partial charge in [-0.1, -0.05) is 315 Å². The van der Waals surface area contributed by atoms with Crippen LogP contribution in [0.5, 0.6) is 0 Å². The molecule has 2 atom stereocenters. The third kappa shape index (κ3) is 57.7. The van der Waals surface area contributed by atoms with Crippen molar-refractivity contribution >= 4 is 11.9 Å². The van der Waals surface area contributed by atoms with E-state index in [4.69, 9.17) is 4.74 Å². The van der Waals surface area contributed by atoms with Crippen LogP contribution in [0.25, 0.3) is 0 Å². The van der Waals surface area contributed by atoms with Gasteiger partial charge in [-0.3, -0.25) is 9.59 Å². The van der Waals surface area contributed by atoms with E-state index in [1.807, 2.05) is 0 Å². The summed E-state index contributed by atoms with van der Waals surface area (Å²) in [6, 6.07) is -0.538. The second-order valence-corrected chi connectivity index (χ2v) is 22.5. The molecule has 0 saturated carbocycles. The highest BCUT2D eigenvalue weighted by molar-refractivity contribution is 5.76. The highest BCUT2D eigenvalue weighted by Gasteiger charge is 2.20. The molecular formula is C65H127NO5. The Morgan fingerprint density at radius 2 is 0.662 bits per heavy atom. The van der Waals surface area contributed by atoms with Crippen LogP contribution in [0.2, 0.25) is 0 Å². The largest absolute Gasteiger partial charge is 0.466 e. The van der Waals surface area contributed by atoms with E-state index in [1.165, 1.54) is 295 Å². The van der Waals surface area contributed by atoms with Gasteiger partial charge in [0.2, 0.25) is 5.91 Å². The molecule has 71 heavy (non-hydrogen) atoms. The zero-order valence-electron chi connectivity index (χ0n) is 48.2. The fourth-order valence-corrected chi connectivity index (χ4v) is 10.3. The minimum Gasteiger partial charge on any atom is -0.466 e. The topological polar surface area (TPSA) is 95.9 Å². The molecule has 0 aliphatic heterocycles. The zero-order valence-corrected chi connectivity index (χ0v) is 48.2. The van der Waals surface area contributed by atoms with Crippen molar-refractivity contribution < 1.29 is 24.5 Å². The highest BCUT2D eigenvalue weighted by atomic mass is 16.5. The summed E-state index contributed by atoms with van der Waals surface area (Å²) in [7, 11) is 0. The predicted molar refractivity (Wildman–Crippen MR) is 310 cm³/mol. The zero-order chi connectivity index (χ0) is 51.4. The Morgan fingerprint density at radius 1 is 0.380 bits per heavy atom. The molecule has 1 amide bonds. The van der Waals surface area contributed by atoms with Gasteiger partial charge in [0.15, 0.2) is 0 Å². The SMILES string of the molecule is CCCCCCCCCCCCCCCC(O)C(CO)NC(=O)CCCCCCCCCCCCCCCC/C=C\CCCCCCCCCCCCCCOC(=O)CCCCCCCCCCCCC. The van der Waals surface area contributed by atoms with E-state index in [0.717, 1.165) is 38.5 Å². The number of unbranched alkanes of at least 4 members (excludes halogenated alkanes) is 48. The van der Waals surface area contributed by atoms with E-state index >= 15 is 0 Å². The van der Waals surface area contributed by atoms with Crippen molar-refractivity contribution in [1.29, 1.82) is 0 Å². The number of aliphatic hydroxyl groups is 2. The number of nitrogens with one attached hydrogen (secondary N) is 1. The number of aliphatic hydroxyl groups excluding tert-OH is 2. The molecule has 0 saturated heterocycles. The summed E-state index contributed by atoms with van der Waals surface area (Å²) < 4.78 is 5.47. The molecule has 0 spiro atoms. The van der Waals surface area contributed by atoms with Crippen LogP contribution in [0.15, 0.2) is 12.2 Å². The van der Waals surface area contributed by atoms with Gasteiger partial charge in [-0.25, -0.2) is 0 Å². The van der Waals surface area contributed by atoms with Gasteiger partial charge in [0.25, 0.3) is 0 Å². The van der Waals surface area contributed by atoms with E-state index in [0.29, 0.717) is 25.9 Å². The molecule has 0 aromatic heterocycles. The number of carbonyl (C=O) groups excluding carboxylic acids is 2. The Labute approximate surface area is 444 Å². The number of ether oxygens (including phenoxy) is 1. The fraction of sp³-hybridized carbons (Fsp3) is 0.938. The van der Waals surface area contributed by atoms with Crippen molar-refractivity contribution in [1.82, 2.24) is 5.32 Å². The second-order valence-electron chi connectivity index (χ2n) is 22.5. The number of carbonyl (C=O) groups is 2. The van der Waals surface area contributed by atoms with Crippen LogP contribution in [0.3, 0.4) is 0 Å². The van der Waals surface area contributed by atoms with Crippen LogP contribution in [0.4, 0.5) is 0 Å². The van der Waals surface area contributed by atoms with Crippen LogP contribution in [-0.2, 0) is 14.3 Å². The van der Waals surface area contributed by atoms with E-state index in [9.17, 15) is 19.8 Å². The van der Waals surface area contributed by atoms with Gasteiger partial charge in [-0.2, -0.15) is 0 Å². The van der Waals surface area contributed by atoms with Crippen LogP contribution in [0, 0.1) is 0 Å². The van der Waals surface area contributed by atoms with Crippen LogP contribution < -0.4 is 5.32 Å². The molecular weight excluding hydrogens is 875 g/mol. The third-order valence-electron chi connectivity index (χ3n) is 15.3. The van der Waals surface area contributed by atoms with Crippen molar-refractivity contribution in [3.05, 3.63) is 12.2 Å². The summed E-state index contributed by atoms with van der Waals surface area (Å²) >= 11 is 0. The Morgan fingerprint density at radius 3 is 1.00 bits per heavy atom. The minimum atomic E-state index is -0.661. The lowest BCUT2D eigenvalue weighted by Gasteiger charge is -2.22. The lowest BCUT2D eigenvalue weighted by Crippen LogP contribution is -2.45. The van der Waals surface area contributed by atoms with E-state index in [1.54, 1.807) is 0 Å². The smallest absolute Gasteiger partial charge is 0.305 e. The minimum absolute atomic E-state index is 0.0173. The molecule has 0 aromatic carbocycles. The van der Waals surface area contributed by atoms with Gasteiger partial charge in [-0.05, 0) is 51.4 Å². The first-order valence-corrected chi connectivity index (χ1v) is 32.4. The van der Waals surface area contributed by atoms with Gasteiger partial charge in [0, 0.05) is 12.8 Å². The fourth-order valence-electron chi connectivity index (χ4n) is 10.3. The molecule has 0 heterocycles. The molecule has 3 N–H and O–H groups in total. The Kier molecular flexibility index (Phi) is 59.9. The van der Waals surface area contributed by atoms with Crippen LogP contribution in [0.1, 0.15) is 367 Å². The third-order valence-corrected chi connectivity index (χ3v) is 15.3. The molecule has 0 aliphatic rings. The van der Waals surface area contributed by atoms with Crippen molar-refractivity contribution in [2.24, 2.45) is 0 Å². The Bertz CT molecular complexity index is 1060.